The first-order chi connectivity index (χ1) is 11.8. The number of carbonyl (C=O) groups excluding carboxylic acids is 1. The van der Waals surface area contributed by atoms with E-state index in [1.165, 1.54) is 10.4 Å². The number of hydrogen-bond donors (Lipinski definition) is 1. The first kappa shape index (κ1) is 19.6. The summed E-state index contributed by atoms with van der Waals surface area (Å²) >= 11 is 0. The van der Waals surface area contributed by atoms with Crippen molar-refractivity contribution in [2.75, 3.05) is 6.61 Å². The van der Waals surface area contributed by atoms with Gasteiger partial charge >= 0.3 is 0 Å². The number of aliphatic hydroxyl groups excluding tert-OH is 1. The summed E-state index contributed by atoms with van der Waals surface area (Å²) in [6, 6.07) is 20.7. The second kappa shape index (κ2) is 8.08. The SMILES string of the molecule is C[C@H](CO[Si](c1ccccc1)(c1ccccc1)C(C)(C)C)[C@H](O)C=O. The lowest BCUT2D eigenvalue weighted by Crippen LogP contribution is -2.67. The molecule has 0 aromatic heterocycles. The highest BCUT2D eigenvalue weighted by Gasteiger charge is 2.50. The van der Waals surface area contributed by atoms with Crippen LogP contribution in [0.5, 0.6) is 0 Å². The summed E-state index contributed by atoms with van der Waals surface area (Å²) in [5, 5.41) is 12.1. The Morgan fingerprint density at radius 1 is 1.00 bits per heavy atom. The van der Waals surface area contributed by atoms with Gasteiger partial charge in [-0.2, -0.15) is 0 Å². The van der Waals surface area contributed by atoms with Crippen LogP contribution in [0.15, 0.2) is 60.7 Å². The van der Waals surface area contributed by atoms with Gasteiger partial charge in [0, 0.05) is 12.5 Å². The molecule has 0 fully saturated rings. The highest BCUT2D eigenvalue weighted by molar-refractivity contribution is 6.99. The second-order valence-corrected chi connectivity index (χ2v) is 11.9. The molecule has 0 heterocycles. The molecule has 0 unspecified atom stereocenters. The van der Waals surface area contributed by atoms with Gasteiger partial charge in [-0.05, 0) is 15.4 Å². The highest BCUT2D eigenvalue weighted by atomic mass is 28.4. The normalized spacial score (nSPS) is 14.8. The average Bonchev–Trinajstić information content (AvgIpc) is 2.62. The van der Waals surface area contributed by atoms with E-state index in [-0.39, 0.29) is 11.0 Å². The summed E-state index contributed by atoms with van der Waals surface area (Å²) in [7, 11) is -2.60. The highest BCUT2D eigenvalue weighted by Crippen LogP contribution is 2.37. The molecule has 0 aliphatic rings. The minimum absolute atomic E-state index is 0.110. The Morgan fingerprint density at radius 2 is 1.44 bits per heavy atom. The van der Waals surface area contributed by atoms with Gasteiger partial charge in [-0.25, -0.2) is 0 Å². The molecule has 0 aliphatic carbocycles. The summed E-state index contributed by atoms with van der Waals surface area (Å²) in [4.78, 5) is 10.9. The third kappa shape index (κ3) is 4.09. The number of rotatable bonds is 7. The molecule has 2 aromatic rings. The number of aliphatic hydroxyl groups is 1. The molecule has 2 rings (SSSR count). The van der Waals surface area contributed by atoms with Crippen LogP contribution in [0.25, 0.3) is 0 Å². The molecule has 25 heavy (non-hydrogen) atoms. The van der Waals surface area contributed by atoms with E-state index < -0.39 is 14.4 Å². The molecule has 0 saturated heterocycles. The van der Waals surface area contributed by atoms with Crippen LogP contribution in [0.4, 0.5) is 0 Å². The maximum absolute atomic E-state index is 10.9. The quantitative estimate of drug-likeness (QED) is 0.613. The molecule has 2 atom stereocenters. The maximum atomic E-state index is 10.9. The molecule has 0 amide bonds. The van der Waals surface area contributed by atoms with Gasteiger partial charge in [0.15, 0.2) is 0 Å². The molecule has 0 spiro atoms. The molecular weight excluding hydrogens is 328 g/mol. The molecule has 0 bridgehead atoms. The molecule has 0 saturated carbocycles. The molecule has 3 nitrogen and oxygen atoms in total. The zero-order chi connectivity index (χ0) is 18.5. The Hall–Kier alpha value is -1.75. The standard InChI is InChI=1S/C21H28O3Si/c1-17(20(23)15-22)16-24-25(21(2,3)4,18-11-7-5-8-12-18)19-13-9-6-10-14-19/h5-15,17,20,23H,16H2,1-4H3/t17-,20-/m1/s1. The third-order valence-corrected chi connectivity index (χ3v) is 9.71. The third-order valence-electron chi connectivity index (χ3n) is 4.70. The van der Waals surface area contributed by atoms with E-state index in [1.54, 1.807) is 0 Å². The summed E-state index contributed by atoms with van der Waals surface area (Å²) < 4.78 is 6.67. The fourth-order valence-electron chi connectivity index (χ4n) is 3.25. The van der Waals surface area contributed by atoms with Crippen LogP contribution in [-0.4, -0.2) is 32.4 Å². The smallest absolute Gasteiger partial charge is 0.261 e. The molecule has 0 radical (unpaired) electrons. The predicted octanol–water partition coefficient (Wildman–Crippen LogP) is 2.76. The van der Waals surface area contributed by atoms with Crippen LogP contribution in [0, 0.1) is 5.92 Å². The van der Waals surface area contributed by atoms with Crippen LogP contribution in [0.3, 0.4) is 0 Å². The van der Waals surface area contributed by atoms with E-state index in [2.05, 4.69) is 45.0 Å². The Bertz CT molecular complexity index is 625. The van der Waals surface area contributed by atoms with Gasteiger partial charge in [0.25, 0.3) is 8.32 Å². The summed E-state index contributed by atoms with van der Waals surface area (Å²) in [6.45, 7) is 8.81. The molecular formula is C21H28O3Si. The number of benzene rings is 2. The van der Waals surface area contributed by atoms with Crippen molar-refractivity contribution in [1.29, 1.82) is 0 Å². The lowest BCUT2D eigenvalue weighted by molar-refractivity contribution is -0.117. The van der Waals surface area contributed by atoms with Crippen LogP contribution in [-0.2, 0) is 9.22 Å². The van der Waals surface area contributed by atoms with Crippen molar-refractivity contribution in [2.45, 2.75) is 38.8 Å². The van der Waals surface area contributed by atoms with Gasteiger partial charge in [0.2, 0.25) is 0 Å². The van der Waals surface area contributed by atoms with Crippen molar-refractivity contribution in [3.63, 3.8) is 0 Å². The molecule has 1 N–H and O–H groups in total. The zero-order valence-corrected chi connectivity index (χ0v) is 16.5. The average molecular weight is 357 g/mol. The van der Waals surface area contributed by atoms with Gasteiger partial charge in [-0.15, -0.1) is 0 Å². The van der Waals surface area contributed by atoms with Crippen LogP contribution in [0.1, 0.15) is 27.7 Å². The summed E-state index contributed by atoms with van der Waals surface area (Å²) in [6.07, 6.45) is -0.419. The fourth-order valence-corrected chi connectivity index (χ4v) is 7.92. The Kier molecular flexibility index (Phi) is 6.33. The number of hydrogen-bond acceptors (Lipinski definition) is 3. The predicted molar refractivity (Wildman–Crippen MR) is 105 cm³/mol. The van der Waals surface area contributed by atoms with Crippen molar-refractivity contribution in [2.24, 2.45) is 5.92 Å². The first-order valence-electron chi connectivity index (χ1n) is 8.71. The van der Waals surface area contributed by atoms with Gasteiger partial charge in [-0.1, -0.05) is 88.4 Å². The van der Waals surface area contributed by atoms with Crippen molar-refractivity contribution in [3.8, 4) is 0 Å². The Morgan fingerprint density at radius 3 is 1.80 bits per heavy atom. The summed E-state index contributed by atoms with van der Waals surface area (Å²) in [5.41, 5.74) is 0. The molecule has 2 aromatic carbocycles. The van der Waals surface area contributed by atoms with Gasteiger partial charge in [0.1, 0.15) is 12.4 Å². The topological polar surface area (TPSA) is 46.5 Å². The lowest BCUT2D eigenvalue weighted by atomic mass is 10.1. The minimum Gasteiger partial charge on any atom is -0.407 e. The molecule has 0 aliphatic heterocycles. The van der Waals surface area contributed by atoms with Crippen LogP contribution < -0.4 is 10.4 Å². The first-order valence-corrected chi connectivity index (χ1v) is 10.6. The van der Waals surface area contributed by atoms with E-state index in [0.717, 1.165) is 0 Å². The van der Waals surface area contributed by atoms with Gasteiger partial charge < -0.3 is 14.3 Å². The van der Waals surface area contributed by atoms with Crippen LogP contribution >= 0.6 is 0 Å². The van der Waals surface area contributed by atoms with E-state index in [1.807, 2.05) is 43.3 Å². The van der Waals surface area contributed by atoms with Gasteiger partial charge in [-0.3, -0.25) is 0 Å². The largest absolute Gasteiger partial charge is 0.407 e. The van der Waals surface area contributed by atoms with Crippen molar-refractivity contribution in [3.05, 3.63) is 60.7 Å². The monoisotopic (exact) mass is 356 g/mol. The van der Waals surface area contributed by atoms with E-state index in [0.29, 0.717) is 12.9 Å². The van der Waals surface area contributed by atoms with E-state index in [9.17, 15) is 9.90 Å². The van der Waals surface area contributed by atoms with Gasteiger partial charge in [0.05, 0.1) is 0 Å². The second-order valence-electron chi connectivity index (χ2n) is 7.58. The van der Waals surface area contributed by atoms with E-state index >= 15 is 0 Å². The molecule has 134 valence electrons. The lowest BCUT2D eigenvalue weighted by Gasteiger charge is -2.43. The van der Waals surface area contributed by atoms with Crippen molar-refractivity contribution >= 4 is 25.0 Å². The summed E-state index contributed by atoms with van der Waals surface area (Å²) in [5.74, 6) is -0.251. The minimum atomic E-state index is -2.60. The van der Waals surface area contributed by atoms with Crippen molar-refractivity contribution in [1.82, 2.24) is 0 Å². The molecule has 4 heteroatoms. The number of carbonyl (C=O) groups is 1. The Balaban J connectivity index is 2.55. The van der Waals surface area contributed by atoms with Crippen LogP contribution in [0.2, 0.25) is 5.04 Å². The zero-order valence-electron chi connectivity index (χ0n) is 15.5. The van der Waals surface area contributed by atoms with E-state index in [4.69, 9.17) is 4.43 Å². The number of aldehydes is 1. The van der Waals surface area contributed by atoms with Crippen molar-refractivity contribution < 1.29 is 14.3 Å². The Labute approximate surface area is 151 Å². The fraction of sp³-hybridized carbons (Fsp3) is 0.381. The maximum Gasteiger partial charge on any atom is 0.261 e.